The number of thioether (sulfide) groups is 1. The minimum atomic E-state index is -0.0789. The van der Waals surface area contributed by atoms with Gasteiger partial charge in [-0.3, -0.25) is 9.69 Å². The Labute approximate surface area is 221 Å². The molecule has 0 unspecified atom stereocenters. The second-order valence-electron chi connectivity index (χ2n) is 8.17. The average Bonchev–Trinajstić information content (AvgIpc) is 3.41. The Morgan fingerprint density at radius 2 is 2.00 bits per heavy atom. The van der Waals surface area contributed by atoms with Crippen LogP contribution in [0.5, 0.6) is 5.75 Å². The highest BCUT2D eigenvalue weighted by atomic mass is 32.2. The zero-order chi connectivity index (χ0) is 25.5. The fraction of sp³-hybridized carbons (Fsp3) is 0.250. The lowest BCUT2D eigenvalue weighted by molar-refractivity contribution is -0.122. The van der Waals surface area contributed by atoms with Gasteiger partial charge in [-0.05, 0) is 62.2 Å². The topological polar surface area (TPSA) is 56.6 Å². The molecule has 0 bridgehead atoms. The predicted octanol–water partition coefficient (Wildman–Crippen LogP) is 6.04. The molecule has 1 fully saturated rings. The van der Waals surface area contributed by atoms with Gasteiger partial charge in [0.05, 0.1) is 10.6 Å². The SMILES string of the molecule is C=CCOc1ccc(-c2nn(-c3ccccc3)cc2C=C2SC(=S)N(CCCOCC)C2=O)c(C)c1. The molecule has 1 saturated heterocycles. The van der Waals surface area contributed by atoms with Crippen molar-refractivity contribution in [2.45, 2.75) is 20.3 Å². The molecule has 4 rings (SSSR count). The van der Waals surface area contributed by atoms with Crippen LogP contribution in [0.15, 0.2) is 72.3 Å². The molecule has 0 saturated carbocycles. The summed E-state index contributed by atoms with van der Waals surface area (Å²) in [5, 5.41) is 4.91. The second-order valence-corrected chi connectivity index (χ2v) is 9.85. The zero-order valence-electron chi connectivity index (χ0n) is 20.5. The van der Waals surface area contributed by atoms with Gasteiger partial charge < -0.3 is 9.47 Å². The molecular formula is C28H29N3O3S2. The molecule has 2 heterocycles. The van der Waals surface area contributed by atoms with Gasteiger partial charge in [0.1, 0.15) is 22.4 Å². The summed E-state index contributed by atoms with van der Waals surface area (Å²) in [6.07, 6.45) is 6.30. The van der Waals surface area contributed by atoms with Crippen molar-refractivity contribution in [3.05, 3.63) is 83.4 Å². The van der Waals surface area contributed by atoms with E-state index in [0.29, 0.717) is 35.6 Å². The van der Waals surface area contributed by atoms with Gasteiger partial charge in [0.15, 0.2) is 0 Å². The number of para-hydroxylation sites is 1. The normalized spacial score (nSPS) is 14.6. The number of ether oxygens (including phenoxy) is 2. The van der Waals surface area contributed by atoms with Crippen molar-refractivity contribution in [3.63, 3.8) is 0 Å². The fourth-order valence-electron chi connectivity index (χ4n) is 3.87. The van der Waals surface area contributed by atoms with Gasteiger partial charge in [-0.25, -0.2) is 4.68 Å². The first-order valence-corrected chi connectivity index (χ1v) is 13.1. The molecule has 0 aliphatic carbocycles. The fourth-order valence-corrected chi connectivity index (χ4v) is 5.16. The molecule has 2 aromatic carbocycles. The molecule has 6 nitrogen and oxygen atoms in total. The van der Waals surface area contributed by atoms with Crippen molar-refractivity contribution in [1.29, 1.82) is 0 Å². The maximum Gasteiger partial charge on any atom is 0.266 e. The highest BCUT2D eigenvalue weighted by Crippen LogP contribution is 2.36. The molecule has 186 valence electrons. The van der Waals surface area contributed by atoms with Crippen LogP contribution in [0.4, 0.5) is 0 Å². The van der Waals surface area contributed by atoms with Crippen molar-refractivity contribution in [2.75, 3.05) is 26.4 Å². The molecule has 3 aromatic rings. The van der Waals surface area contributed by atoms with E-state index in [2.05, 4.69) is 6.58 Å². The number of nitrogens with zero attached hydrogens (tertiary/aromatic N) is 3. The summed E-state index contributed by atoms with van der Waals surface area (Å²) in [6.45, 7) is 9.94. The van der Waals surface area contributed by atoms with Crippen molar-refractivity contribution >= 4 is 40.3 Å². The first-order valence-electron chi connectivity index (χ1n) is 11.8. The van der Waals surface area contributed by atoms with E-state index < -0.39 is 0 Å². The number of amides is 1. The first kappa shape index (κ1) is 25.9. The monoisotopic (exact) mass is 519 g/mol. The summed E-state index contributed by atoms with van der Waals surface area (Å²) in [7, 11) is 0. The average molecular weight is 520 g/mol. The third-order valence-electron chi connectivity index (χ3n) is 5.62. The largest absolute Gasteiger partial charge is 0.490 e. The number of hydrogen-bond donors (Lipinski definition) is 0. The van der Waals surface area contributed by atoms with E-state index in [9.17, 15) is 4.79 Å². The maximum atomic E-state index is 13.2. The Balaban J connectivity index is 1.69. The quantitative estimate of drug-likeness (QED) is 0.133. The number of carbonyl (C=O) groups excluding carboxylic acids is 1. The van der Waals surface area contributed by atoms with Crippen molar-refractivity contribution in [2.24, 2.45) is 0 Å². The number of aromatic nitrogens is 2. The second kappa shape index (κ2) is 12.2. The Bertz CT molecular complexity index is 1280. The van der Waals surface area contributed by atoms with Gasteiger partial charge >= 0.3 is 0 Å². The van der Waals surface area contributed by atoms with Crippen LogP contribution < -0.4 is 4.74 Å². The van der Waals surface area contributed by atoms with Crippen LogP contribution in [0.3, 0.4) is 0 Å². The lowest BCUT2D eigenvalue weighted by atomic mass is 10.0. The Hall–Kier alpha value is -3.20. The Morgan fingerprint density at radius 3 is 2.72 bits per heavy atom. The molecule has 0 spiro atoms. The van der Waals surface area contributed by atoms with E-state index in [1.165, 1.54) is 11.8 Å². The van der Waals surface area contributed by atoms with Crippen LogP contribution in [0, 0.1) is 6.92 Å². The molecule has 1 aliphatic heterocycles. The number of carbonyl (C=O) groups is 1. The van der Waals surface area contributed by atoms with E-state index >= 15 is 0 Å². The van der Waals surface area contributed by atoms with Crippen molar-refractivity contribution in [1.82, 2.24) is 14.7 Å². The maximum absolute atomic E-state index is 13.2. The van der Waals surface area contributed by atoms with Gasteiger partial charge in [0.2, 0.25) is 0 Å². The van der Waals surface area contributed by atoms with Crippen LogP contribution in [-0.4, -0.2) is 51.3 Å². The number of hydrogen-bond acceptors (Lipinski definition) is 6. The summed E-state index contributed by atoms with van der Waals surface area (Å²) < 4.78 is 13.5. The highest BCUT2D eigenvalue weighted by Gasteiger charge is 2.32. The summed E-state index contributed by atoms with van der Waals surface area (Å²) >= 11 is 6.84. The van der Waals surface area contributed by atoms with Gasteiger partial charge in [-0.2, -0.15) is 5.10 Å². The lowest BCUT2D eigenvalue weighted by Gasteiger charge is -2.13. The van der Waals surface area contributed by atoms with Crippen LogP contribution >= 0.6 is 24.0 Å². The summed E-state index contributed by atoms with van der Waals surface area (Å²) in [6, 6.07) is 15.8. The number of aryl methyl sites for hydroxylation is 1. The lowest BCUT2D eigenvalue weighted by Crippen LogP contribution is -2.29. The van der Waals surface area contributed by atoms with Gasteiger partial charge in [-0.15, -0.1) is 0 Å². The van der Waals surface area contributed by atoms with E-state index in [0.717, 1.165) is 40.2 Å². The molecule has 0 N–H and O–H groups in total. The van der Waals surface area contributed by atoms with Crippen molar-refractivity contribution < 1.29 is 14.3 Å². The Morgan fingerprint density at radius 1 is 1.19 bits per heavy atom. The van der Waals surface area contributed by atoms with Crippen LogP contribution in [0.25, 0.3) is 23.0 Å². The minimum Gasteiger partial charge on any atom is -0.490 e. The van der Waals surface area contributed by atoms with E-state index in [1.807, 2.05) is 79.3 Å². The van der Waals surface area contributed by atoms with Crippen LogP contribution in [-0.2, 0) is 9.53 Å². The summed E-state index contributed by atoms with van der Waals surface area (Å²) in [4.78, 5) is 15.4. The smallest absolute Gasteiger partial charge is 0.266 e. The van der Waals surface area contributed by atoms with E-state index in [-0.39, 0.29) is 5.91 Å². The predicted molar refractivity (Wildman–Crippen MR) is 150 cm³/mol. The number of thiocarbonyl (C=S) groups is 1. The molecule has 1 aliphatic rings. The third kappa shape index (κ3) is 5.95. The van der Waals surface area contributed by atoms with Crippen molar-refractivity contribution in [3.8, 4) is 22.7 Å². The van der Waals surface area contributed by atoms with Gasteiger partial charge in [-0.1, -0.05) is 54.8 Å². The minimum absolute atomic E-state index is 0.0789. The molecule has 36 heavy (non-hydrogen) atoms. The molecule has 1 aromatic heterocycles. The summed E-state index contributed by atoms with van der Waals surface area (Å²) in [5.41, 5.74) is 4.55. The zero-order valence-corrected chi connectivity index (χ0v) is 22.1. The third-order valence-corrected chi connectivity index (χ3v) is 7.00. The highest BCUT2D eigenvalue weighted by molar-refractivity contribution is 8.26. The first-order chi connectivity index (χ1) is 17.5. The standard InChI is InChI=1S/C28H29N3O3S2/c1-4-15-34-23-12-13-24(20(3)17-23)26-21(19-31(29-26)22-10-7-6-8-11-22)18-25-27(32)30(28(35)36-25)14-9-16-33-5-2/h4,6-8,10-13,17-19H,1,5,9,14-16H2,2-3H3. The molecule has 8 heteroatoms. The van der Waals surface area contributed by atoms with Gasteiger partial charge in [0, 0.05) is 37.1 Å². The van der Waals surface area contributed by atoms with Crippen LogP contribution in [0.2, 0.25) is 0 Å². The Kier molecular flexibility index (Phi) is 8.74. The van der Waals surface area contributed by atoms with E-state index in [1.54, 1.807) is 11.0 Å². The van der Waals surface area contributed by atoms with Crippen LogP contribution in [0.1, 0.15) is 24.5 Å². The summed E-state index contributed by atoms with van der Waals surface area (Å²) in [5.74, 6) is 0.693. The van der Waals surface area contributed by atoms with E-state index in [4.69, 9.17) is 26.8 Å². The molecule has 0 atom stereocenters. The molecule has 1 amide bonds. The molecular weight excluding hydrogens is 490 g/mol. The van der Waals surface area contributed by atoms with Gasteiger partial charge in [0.25, 0.3) is 5.91 Å². The number of rotatable bonds is 11. The number of benzene rings is 2. The molecule has 0 radical (unpaired) electrons.